The summed E-state index contributed by atoms with van der Waals surface area (Å²) in [7, 11) is 0. The predicted molar refractivity (Wildman–Crippen MR) is 98.3 cm³/mol. The summed E-state index contributed by atoms with van der Waals surface area (Å²) < 4.78 is 0. The number of hydrogen-bond acceptors (Lipinski definition) is 4. The van der Waals surface area contributed by atoms with Gasteiger partial charge >= 0.3 is 0 Å². The largest absolute Gasteiger partial charge is 0.326 e. The zero-order chi connectivity index (χ0) is 16.8. The van der Waals surface area contributed by atoms with E-state index in [1.165, 1.54) is 0 Å². The summed E-state index contributed by atoms with van der Waals surface area (Å²) in [6.07, 6.45) is 0.432. The monoisotopic (exact) mass is 346 g/mol. The SMILES string of the molecule is O=C1C[C@H](c2ccsc2)c2c(ccc3nn(-c4ccccc4)nc23)N1. The van der Waals surface area contributed by atoms with Crippen molar-refractivity contribution in [2.45, 2.75) is 12.3 Å². The van der Waals surface area contributed by atoms with Gasteiger partial charge in [0.25, 0.3) is 0 Å². The zero-order valence-electron chi connectivity index (χ0n) is 13.2. The second-order valence-electron chi connectivity index (χ2n) is 6.08. The number of carbonyl (C=O) groups excluding carboxylic acids is 1. The highest BCUT2D eigenvalue weighted by Gasteiger charge is 2.30. The molecule has 25 heavy (non-hydrogen) atoms. The normalized spacial score (nSPS) is 16.6. The van der Waals surface area contributed by atoms with Crippen LogP contribution in [0, 0.1) is 0 Å². The van der Waals surface area contributed by atoms with Gasteiger partial charge in [-0.15, -0.1) is 10.2 Å². The first-order chi connectivity index (χ1) is 12.3. The number of hydrogen-bond donors (Lipinski definition) is 1. The lowest BCUT2D eigenvalue weighted by Gasteiger charge is -2.25. The number of rotatable bonds is 2. The van der Waals surface area contributed by atoms with E-state index in [0.717, 1.165) is 33.5 Å². The van der Waals surface area contributed by atoms with Gasteiger partial charge in [0.15, 0.2) is 0 Å². The van der Waals surface area contributed by atoms with Gasteiger partial charge in [-0.2, -0.15) is 16.1 Å². The molecule has 0 saturated carbocycles. The molecule has 2 aromatic carbocycles. The van der Waals surface area contributed by atoms with Crippen molar-refractivity contribution in [2.75, 3.05) is 5.32 Å². The summed E-state index contributed by atoms with van der Waals surface area (Å²) in [6.45, 7) is 0. The van der Waals surface area contributed by atoms with Crippen molar-refractivity contribution < 1.29 is 4.79 Å². The van der Waals surface area contributed by atoms with E-state index in [1.54, 1.807) is 16.1 Å². The van der Waals surface area contributed by atoms with Crippen molar-refractivity contribution in [3.8, 4) is 5.69 Å². The van der Waals surface area contributed by atoms with Crippen molar-refractivity contribution >= 4 is 34.0 Å². The molecule has 6 heteroatoms. The van der Waals surface area contributed by atoms with E-state index in [4.69, 9.17) is 5.10 Å². The number of thiophene rings is 1. The van der Waals surface area contributed by atoms with E-state index < -0.39 is 0 Å². The van der Waals surface area contributed by atoms with E-state index >= 15 is 0 Å². The molecule has 0 radical (unpaired) electrons. The van der Waals surface area contributed by atoms with Crippen molar-refractivity contribution in [1.82, 2.24) is 15.0 Å². The number of nitrogens with one attached hydrogen (secondary N) is 1. The highest BCUT2D eigenvalue weighted by atomic mass is 32.1. The summed E-state index contributed by atoms with van der Waals surface area (Å²) in [5, 5.41) is 16.5. The second-order valence-corrected chi connectivity index (χ2v) is 6.86. The smallest absolute Gasteiger partial charge is 0.225 e. The summed E-state index contributed by atoms with van der Waals surface area (Å²) in [6, 6.07) is 15.8. The summed E-state index contributed by atoms with van der Waals surface area (Å²) >= 11 is 1.64. The van der Waals surface area contributed by atoms with Crippen molar-refractivity contribution in [1.29, 1.82) is 0 Å². The van der Waals surface area contributed by atoms with Gasteiger partial charge in [-0.3, -0.25) is 4.79 Å². The Morgan fingerprint density at radius 2 is 1.96 bits per heavy atom. The number of fused-ring (bicyclic) bond motifs is 3. The van der Waals surface area contributed by atoms with Gasteiger partial charge in [-0.1, -0.05) is 18.2 Å². The Morgan fingerprint density at radius 1 is 1.08 bits per heavy atom. The lowest BCUT2D eigenvalue weighted by Crippen LogP contribution is -2.23. The van der Waals surface area contributed by atoms with Crippen LogP contribution in [0.2, 0.25) is 0 Å². The Labute approximate surface area is 147 Å². The zero-order valence-corrected chi connectivity index (χ0v) is 14.0. The van der Waals surface area contributed by atoms with E-state index in [1.807, 2.05) is 47.8 Å². The summed E-state index contributed by atoms with van der Waals surface area (Å²) in [5.74, 6) is 0.0538. The molecule has 0 bridgehead atoms. The van der Waals surface area contributed by atoms with Gasteiger partial charge in [0, 0.05) is 23.6 Å². The Hall–Kier alpha value is -2.99. The van der Waals surface area contributed by atoms with Gasteiger partial charge in [0.1, 0.15) is 11.0 Å². The van der Waals surface area contributed by atoms with E-state index in [2.05, 4.69) is 21.9 Å². The molecule has 3 heterocycles. The highest BCUT2D eigenvalue weighted by molar-refractivity contribution is 7.08. The maximum absolute atomic E-state index is 12.1. The van der Waals surface area contributed by atoms with Crippen molar-refractivity contribution in [2.24, 2.45) is 0 Å². The van der Waals surface area contributed by atoms with Crippen LogP contribution in [0.25, 0.3) is 16.7 Å². The summed E-state index contributed by atoms with van der Waals surface area (Å²) in [5.41, 5.74) is 5.64. The van der Waals surface area contributed by atoms with Crippen LogP contribution in [0.3, 0.4) is 0 Å². The van der Waals surface area contributed by atoms with Crippen LogP contribution < -0.4 is 5.32 Å². The maximum atomic E-state index is 12.1. The third kappa shape index (κ3) is 2.34. The highest BCUT2D eigenvalue weighted by Crippen LogP contribution is 2.41. The Balaban J connectivity index is 1.74. The number of carbonyl (C=O) groups is 1. The third-order valence-electron chi connectivity index (χ3n) is 4.54. The van der Waals surface area contributed by atoms with E-state index in [-0.39, 0.29) is 11.8 Å². The van der Waals surface area contributed by atoms with Crippen LogP contribution in [-0.2, 0) is 4.79 Å². The second kappa shape index (κ2) is 5.53. The molecule has 0 fully saturated rings. The van der Waals surface area contributed by atoms with Gasteiger partial charge in [0.05, 0.1) is 5.69 Å². The average molecular weight is 346 g/mol. The molecule has 122 valence electrons. The molecule has 0 spiro atoms. The van der Waals surface area contributed by atoms with Crippen molar-refractivity contribution in [3.05, 3.63) is 70.4 Å². The van der Waals surface area contributed by atoms with E-state index in [0.29, 0.717) is 6.42 Å². The minimum atomic E-state index is 0.0135. The van der Waals surface area contributed by atoms with Crippen molar-refractivity contribution in [3.63, 3.8) is 0 Å². The van der Waals surface area contributed by atoms with Crippen LogP contribution in [0.1, 0.15) is 23.5 Å². The lowest BCUT2D eigenvalue weighted by atomic mass is 9.85. The fraction of sp³-hybridized carbons (Fsp3) is 0.105. The van der Waals surface area contributed by atoms with E-state index in [9.17, 15) is 4.79 Å². The maximum Gasteiger partial charge on any atom is 0.225 e. The quantitative estimate of drug-likeness (QED) is 0.598. The first-order valence-corrected chi connectivity index (χ1v) is 9.01. The fourth-order valence-electron chi connectivity index (χ4n) is 3.39. The predicted octanol–water partition coefficient (Wildman–Crippen LogP) is 3.96. The molecule has 0 saturated heterocycles. The molecule has 4 aromatic rings. The molecular formula is C19H14N4OS. The average Bonchev–Trinajstić information content (AvgIpc) is 3.31. The molecule has 1 atom stereocenters. The van der Waals surface area contributed by atoms with Crippen LogP contribution in [0.4, 0.5) is 5.69 Å². The molecule has 1 aliphatic rings. The number of para-hydroxylation sites is 1. The van der Waals surface area contributed by atoms with Gasteiger partial charge in [-0.25, -0.2) is 0 Å². The molecule has 5 nitrogen and oxygen atoms in total. The molecule has 0 unspecified atom stereocenters. The molecule has 5 rings (SSSR count). The van der Waals surface area contributed by atoms with Crippen LogP contribution in [0.5, 0.6) is 0 Å². The minimum absolute atomic E-state index is 0.0135. The molecule has 1 amide bonds. The molecule has 1 aliphatic heterocycles. The fourth-order valence-corrected chi connectivity index (χ4v) is 4.10. The Morgan fingerprint density at radius 3 is 2.76 bits per heavy atom. The Bertz CT molecular complexity index is 1070. The standard InChI is InChI=1S/C19H14N4OS/c24-17-10-14(12-8-9-25-11-12)18-15(20-17)6-7-16-19(18)22-23(21-16)13-4-2-1-3-5-13/h1-9,11,14H,10H2,(H,20,24)/t14-/m1/s1. The first-order valence-electron chi connectivity index (χ1n) is 8.07. The van der Waals surface area contributed by atoms with Crippen LogP contribution >= 0.6 is 11.3 Å². The number of anilines is 1. The van der Waals surface area contributed by atoms with Gasteiger partial charge in [0.2, 0.25) is 5.91 Å². The summed E-state index contributed by atoms with van der Waals surface area (Å²) in [4.78, 5) is 13.8. The Kier molecular flexibility index (Phi) is 3.18. The lowest BCUT2D eigenvalue weighted by molar-refractivity contribution is -0.116. The molecule has 1 N–H and O–H groups in total. The minimum Gasteiger partial charge on any atom is -0.326 e. The number of benzene rings is 2. The molecular weight excluding hydrogens is 332 g/mol. The first kappa shape index (κ1) is 14.4. The molecule has 0 aliphatic carbocycles. The number of aromatic nitrogens is 3. The van der Waals surface area contributed by atoms with Gasteiger partial charge in [-0.05, 0) is 46.7 Å². The van der Waals surface area contributed by atoms with Gasteiger partial charge < -0.3 is 5.32 Å². The van der Waals surface area contributed by atoms with Crippen LogP contribution in [-0.4, -0.2) is 20.9 Å². The number of nitrogens with zero attached hydrogens (tertiary/aromatic N) is 3. The topological polar surface area (TPSA) is 59.8 Å². The number of amides is 1. The van der Waals surface area contributed by atoms with Crippen LogP contribution in [0.15, 0.2) is 59.3 Å². The third-order valence-corrected chi connectivity index (χ3v) is 5.24. The molecule has 2 aromatic heterocycles.